The molecule has 1 unspecified atom stereocenters. The lowest BCUT2D eigenvalue weighted by Gasteiger charge is -2.19. The van der Waals surface area contributed by atoms with Crippen LogP contribution in [0.1, 0.15) is 22.8 Å². The fourth-order valence-electron chi connectivity index (χ4n) is 2.48. The first-order valence-corrected chi connectivity index (χ1v) is 8.31. The van der Waals surface area contributed by atoms with Crippen LogP contribution in [0.15, 0.2) is 36.4 Å². The van der Waals surface area contributed by atoms with Crippen LogP contribution in [0.5, 0.6) is 23.0 Å². The van der Waals surface area contributed by atoms with Gasteiger partial charge in [0.1, 0.15) is 0 Å². The van der Waals surface area contributed by atoms with Gasteiger partial charge in [-0.2, -0.15) is 0 Å². The van der Waals surface area contributed by atoms with Gasteiger partial charge in [-0.15, -0.1) is 0 Å². The molecule has 6 heteroatoms. The van der Waals surface area contributed by atoms with Gasteiger partial charge in [0.15, 0.2) is 29.1 Å². The molecule has 0 spiro atoms. The van der Waals surface area contributed by atoms with Crippen LogP contribution in [0, 0.1) is 6.92 Å². The molecule has 0 bridgehead atoms. The minimum absolute atomic E-state index is 0.357. The highest BCUT2D eigenvalue weighted by atomic mass is 16.5. The summed E-state index contributed by atoms with van der Waals surface area (Å²) in [6, 6.07) is 10.2. The van der Waals surface area contributed by atoms with E-state index in [1.165, 1.54) is 14.2 Å². The summed E-state index contributed by atoms with van der Waals surface area (Å²) in [4.78, 5) is 12.8. The third-order valence-electron chi connectivity index (χ3n) is 3.79. The second kappa shape index (κ2) is 9.10. The van der Waals surface area contributed by atoms with E-state index in [0.717, 1.165) is 5.56 Å². The maximum absolute atomic E-state index is 12.8. The molecule has 6 nitrogen and oxygen atoms in total. The van der Waals surface area contributed by atoms with E-state index in [9.17, 15) is 9.90 Å². The number of carbonyl (C=O) groups is 1. The number of rotatable bonds is 9. The molecule has 0 fully saturated rings. The number of hydrogen-bond donors (Lipinski definition) is 1. The fourth-order valence-corrected chi connectivity index (χ4v) is 2.48. The maximum atomic E-state index is 12.8. The Morgan fingerprint density at radius 3 is 2.27 bits per heavy atom. The van der Waals surface area contributed by atoms with Crippen molar-refractivity contribution in [2.24, 2.45) is 0 Å². The highest BCUT2D eigenvalue weighted by Crippen LogP contribution is 2.31. The van der Waals surface area contributed by atoms with Gasteiger partial charge in [-0.3, -0.25) is 4.79 Å². The lowest BCUT2D eigenvalue weighted by molar-refractivity contribution is 0.0651. The third-order valence-corrected chi connectivity index (χ3v) is 3.79. The second-order valence-electron chi connectivity index (χ2n) is 5.61. The summed E-state index contributed by atoms with van der Waals surface area (Å²) in [6.07, 6.45) is -1.06. The van der Waals surface area contributed by atoms with Crippen LogP contribution in [0.3, 0.4) is 0 Å². The topological polar surface area (TPSA) is 74.2 Å². The third kappa shape index (κ3) is 4.46. The van der Waals surface area contributed by atoms with Crippen LogP contribution >= 0.6 is 0 Å². The van der Waals surface area contributed by atoms with Gasteiger partial charge in [-0.25, -0.2) is 0 Å². The molecule has 0 aromatic heterocycles. The quantitative estimate of drug-likeness (QED) is 0.693. The lowest BCUT2D eigenvalue weighted by Crippen LogP contribution is -2.31. The van der Waals surface area contributed by atoms with Crippen molar-refractivity contribution in [3.63, 3.8) is 0 Å². The smallest absolute Gasteiger partial charge is 0.205 e. The van der Waals surface area contributed by atoms with Gasteiger partial charge in [-0.1, -0.05) is 6.07 Å². The molecule has 0 amide bonds. The van der Waals surface area contributed by atoms with E-state index >= 15 is 0 Å². The molecule has 2 aromatic carbocycles. The summed E-state index contributed by atoms with van der Waals surface area (Å²) < 4.78 is 21.7. The first-order chi connectivity index (χ1) is 12.5. The van der Waals surface area contributed by atoms with Crippen LogP contribution in [-0.4, -0.2) is 44.4 Å². The number of aliphatic hydroxyl groups is 1. The number of aliphatic hydroxyl groups excluding tert-OH is 1. The van der Waals surface area contributed by atoms with Crippen LogP contribution in [0.2, 0.25) is 0 Å². The maximum Gasteiger partial charge on any atom is 0.205 e. The molecule has 0 heterocycles. The molecule has 2 rings (SSSR count). The van der Waals surface area contributed by atoms with Gasteiger partial charge in [0.05, 0.1) is 27.4 Å². The molecule has 26 heavy (non-hydrogen) atoms. The van der Waals surface area contributed by atoms with E-state index in [1.54, 1.807) is 30.3 Å². The fraction of sp³-hybridized carbons (Fsp3) is 0.350. The SMILES string of the molecule is CCOc1ccc(C(=O)C(CO)Oc2ccc(C)cc2OC)cc1OC. The molecular formula is C20H24O6. The minimum atomic E-state index is -1.06. The largest absolute Gasteiger partial charge is 0.493 e. The van der Waals surface area contributed by atoms with Crippen molar-refractivity contribution in [3.05, 3.63) is 47.5 Å². The van der Waals surface area contributed by atoms with Crippen LogP contribution in [0.4, 0.5) is 0 Å². The molecule has 1 atom stereocenters. The summed E-state index contributed by atoms with van der Waals surface area (Å²) in [7, 11) is 3.03. The number of aryl methyl sites for hydroxylation is 1. The van der Waals surface area contributed by atoms with E-state index in [1.807, 2.05) is 19.9 Å². The number of methoxy groups -OCH3 is 2. The van der Waals surface area contributed by atoms with Gasteiger partial charge in [-0.05, 0) is 49.7 Å². The zero-order valence-corrected chi connectivity index (χ0v) is 15.4. The van der Waals surface area contributed by atoms with Gasteiger partial charge >= 0.3 is 0 Å². The Kier molecular flexibility index (Phi) is 6.86. The Morgan fingerprint density at radius 2 is 1.65 bits per heavy atom. The van der Waals surface area contributed by atoms with Crippen molar-refractivity contribution in [1.29, 1.82) is 0 Å². The molecule has 140 valence electrons. The lowest BCUT2D eigenvalue weighted by atomic mass is 10.1. The van der Waals surface area contributed by atoms with Crippen LogP contribution in [0.25, 0.3) is 0 Å². The minimum Gasteiger partial charge on any atom is -0.493 e. The van der Waals surface area contributed by atoms with E-state index in [0.29, 0.717) is 35.2 Å². The molecule has 0 aliphatic rings. The van der Waals surface area contributed by atoms with Gasteiger partial charge in [0, 0.05) is 5.56 Å². The normalized spacial score (nSPS) is 11.6. The van der Waals surface area contributed by atoms with Gasteiger partial charge in [0.25, 0.3) is 0 Å². The number of Topliss-reactive ketones (excluding diaryl/α,β-unsaturated/α-hetero) is 1. The van der Waals surface area contributed by atoms with Gasteiger partial charge in [0.2, 0.25) is 5.78 Å². The molecule has 0 aliphatic heterocycles. The molecule has 0 radical (unpaired) electrons. The molecule has 0 saturated carbocycles. The number of carbonyl (C=O) groups excluding carboxylic acids is 1. The summed E-state index contributed by atoms with van der Waals surface area (Å²) in [6.45, 7) is 3.81. The Morgan fingerprint density at radius 1 is 1.00 bits per heavy atom. The molecular weight excluding hydrogens is 336 g/mol. The molecule has 0 aliphatic carbocycles. The van der Waals surface area contributed by atoms with Crippen molar-refractivity contribution >= 4 is 5.78 Å². The van der Waals surface area contributed by atoms with Crippen LogP contribution in [-0.2, 0) is 0 Å². The first-order valence-electron chi connectivity index (χ1n) is 8.31. The zero-order chi connectivity index (χ0) is 19.1. The van der Waals surface area contributed by atoms with Crippen LogP contribution < -0.4 is 18.9 Å². The second-order valence-corrected chi connectivity index (χ2v) is 5.61. The molecule has 2 aromatic rings. The van der Waals surface area contributed by atoms with E-state index in [4.69, 9.17) is 18.9 Å². The predicted octanol–water partition coefficient (Wildman–Crippen LogP) is 3.03. The number of benzene rings is 2. The molecule has 1 N–H and O–H groups in total. The number of ketones is 1. The highest BCUT2D eigenvalue weighted by molar-refractivity contribution is 6.00. The van der Waals surface area contributed by atoms with E-state index in [2.05, 4.69) is 0 Å². The average molecular weight is 360 g/mol. The number of ether oxygens (including phenoxy) is 4. The van der Waals surface area contributed by atoms with Crippen molar-refractivity contribution in [3.8, 4) is 23.0 Å². The Bertz CT molecular complexity index is 756. The van der Waals surface area contributed by atoms with E-state index in [-0.39, 0.29) is 5.78 Å². The van der Waals surface area contributed by atoms with Gasteiger partial charge < -0.3 is 24.1 Å². The summed E-state index contributed by atoms with van der Waals surface area (Å²) >= 11 is 0. The monoisotopic (exact) mass is 360 g/mol. The van der Waals surface area contributed by atoms with E-state index < -0.39 is 12.7 Å². The first kappa shape index (κ1) is 19.6. The van der Waals surface area contributed by atoms with Crippen molar-refractivity contribution in [1.82, 2.24) is 0 Å². The molecule has 0 saturated heterocycles. The highest BCUT2D eigenvalue weighted by Gasteiger charge is 2.24. The zero-order valence-electron chi connectivity index (χ0n) is 15.4. The van der Waals surface area contributed by atoms with Crippen molar-refractivity contribution in [2.75, 3.05) is 27.4 Å². The Labute approximate surface area is 153 Å². The standard InChI is InChI=1S/C20H24O6/c1-5-25-15-9-7-14(11-18(15)24-4)20(22)19(12-21)26-16-8-6-13(2)10-17(16)23-3/h6-11,19,21H,5,12H2,1-4H3. The average Bonchev–Trinajstić information content (AvgIpc) is 2.66. The summed E-state index contributed by atoms with van der Waals surface area (Å²) in [5.41, 5.74) is 1.35. The Hall–Kier alpha value is -2.73. The predicted molar refractivity (Wildman–Crippen MR) is 97.7 cm³/mol. The summed E-state index contributed by atoms with van der Waals surface area (Å²) in [5, 5.41) is 9.66. The van der Waals surface area contributed by atoms with Crippen molar-refractivity contribution < 1.29 is 28.8 Å². The van der Waals surface area contributed by atoms with Crippen molar-refractivity contribution in [2.45, 2.75) is 20.0 Å². The Balaban J connectivity index is 2.26. The summed E-state index contributed by atoms with van der Waals surface area (Å²) in [5.74, 6) is 1.52. The number of hydrogen-bond acceptors (Lipinski definition) is 6.